The first-order valence-electron chi connectivity index (χ1n) is 18.2. The number of thiazole rings is 1. The summed E-state index contributed by atoms with van der Waals surface area (Å²) in [5, 5.41) is 8.64. The molecule has 1 aromatic carbocycles. The van der Waals surface area contributed by atoms with Crippen LogP contribution in [0.25, 0.3) is 21.6 Å². The number of ether oxygens (including phenoxy) is 2. The Labute approximate surface area is 319 Å². The van der Waals surface area contributed by atoms with Crippen LogP contribution >= 0.6 is 22.9 Å². The van der Waals surface area contributed by atoms with Crippen LogP contribution in [0.5, 0.6) is 11.5 Å². The maximum Gasteiger partial charge on any atom is 0.318 e. The van der Waals surface area contributed by atoms with Gasteiger partial charge in [0.2, 0.25) is 15.9 Å². The van der Waals surface area contributed by atoms with Crippen LogP contribution in [0.2, 0.25) is 5.02 Å². The van der Waals surface area contributed by atoms with E-state index in [2.05, 4.69) is 29.2 Å². The number of halogens is 1. The Bertz CT molecular complexity index is 2020. The van der Waals surface area contributed by atoms with Crippen LogP contribution in [0.3, 0.4) is 0 Å². The lowest BCUT2D eigenvalue weighted by molar-refractivity contribution is -0.131. The Kier molecular flexibility index (Phi) is 11.6. The molecule has 1 saturated carbocycles. The van der Waals surface area contributed by atoms with Crippen molar-refractivity contribution in [3.05, 3.63) is 46.4 Å². The lowest BCUT2D eigenvalue weighted by Gasteiger charge is -2.26. The Balaban J connectivity index is 1.32. The third-order valence-corrected chi connectivity index (χ3v) is 13.4. The monoisotopic (exact) mass is 786 g/mol. The number of nitrogens with one attached hydrogen (secondary N) is 3. The molecule has 2 fully saturated rings. The molecule has 13 nitrogen and oxygen atoms in total. The molecular weight excluding hydrogens is 740 g/mol. The lowest BCUT2D eigenvalue weighted by Crippen LogP contribution is -2.57. The first kappa shape index (κ1) is 38.8. The Morgan fingerprint density at radius 3 is 2.68 bits per heavy atom. The van der Waals surface area contributed by atoms with E-state index in [0.717, 1.165) is 31.4 Å². The number of amides is 4. The summed E-state index contributed by atoms with van der Waals surface area (Å²) in [6, 6.07) is 3.90. The van der Waals surface area contributed by atoms with Crippen molar-refractivity contribution in [1.29, 1.82) is 0 Å². The second-order valence-electron chi connectivity index (χ2n) is 14.3. The van der Waals surface area contributed by atoms with Gasteiger partial charge in [0, 0.05) is 35.7 Å². The number of aromatic nitrogens is 2. The van der Waals surface area contributed by atoms with Crippen LogP contribution in [-0.2, 0) is 19.6 Å². The molecule has 0 bridgehead atoms. The number of carbonyl (C=O) groups excluding carboxylic acids is 3. The van der Waals surface area contributed by atoms with Crippen molar-refractivity contribution in [2.75, 3.05) is 20.2 Å². The van der Waals surface area contributed by atoms with E-state index in [4.69, 9.17) is 31.0 Å². The summed E-state index contributed by atoms with van der Waals surface area (Å²) in [6.45, 7) is 7.90. The number of benzene rings is 1. The number of sulfonamides is 1. The molecule has 2 aromatic heterocycles. The molecule has 1 saturated heterocycles. The van der Waals surface area contributed by atoms with Crippen LogP contribution in [0.1, 0.15) is 84.3 Å². The van der Waals surface area contributed by atoms with E-state index in [0.29, 0.717) is 51.1 Å². The van der Waals surface area contributed by atoms with Gasteiger partial charge in [0.05, 0.1) is 30.1 Å². The fraction of sp³-hybridized carbons (Fsp3) is 0.541. The smallest absolute Gasteiger partial charge is 0.318 e. The predicted octanol–water partition coefficient (Wildman–Crippen LogP) is 5.92. The van der Waals surface area contributed by atoms with Crippen molar-refractivity contribution in [2.24, 2.45) is 5.92 Å². The molecule has 0 spiro atoms. The third kappa shape index (κ3) is 8.12. The van der Waals surface area contributed by atoms with Gasteiger partial charge in [0.25, 0.3) is 5.91 Å². The van der Waals surface area contributed by atoms with Crippen LogP contribution in [-0.4, -0.2) is 84.3 Å². The van der Waals surface area contributed by atoms with Crippen molar-refractivity contribution >= 4 is 61.7 Å². The van der Waals surface area contributed by atoms with Crippen molar-refractivity contribution < 1.29 is 32.3 Å². The number of pyridine rings is 1. The highest BCUT2D eigenvalue weighted by atomic mass is 35.5. The second-order valence-corrected chi connectivity index (χ2v) is 17.7. The predicted molar refractivity (Wildman–Crippen MR) is 205 cm³/mol. The largest absolute Gasteiger partial charge is 0.495 e. The number of rotatable bonds is 9. The normalized spacial score (nSPS) is 25.0. The molecule has 3 aliphatic rings. The molecule has 5 atom stereocenters. The van der Waals surface area contributed by atoms with Gasteiger partial charge in [-0.2, -0.15) is 0 Å². The summed E-state index contributed by atoms with van der Waals surface area (Å²) in [4.78, 5) is 52.7. The molecule has 4 heterocycles. The molecule has 16 heteroatoms. The molecule has 53 heavy (non-hydrogen) atoms. The highest BCUT2D eigenvalue weighted by molar-refractivity contribution is 7.90. The number of allylic oxidation sites excluding steroid dienone is 1. The minimum atomic E-state index is -3.97. The van der Waals surface area contributed by atoms with Gasteiger partial charge in [-0.3, -0.25) is 14.3 Å². The summed E-state index contributed by atoms with van der Waals surface area (Å²) < 4.78 is 40.2. The summed E-state index contributed by atoms with van der Waals surface area (Å²) in [5.74, 6) is -0.631. The zero-order valence-electron chi connectivity index (χ0n) is 30.6. The van der Waals surface area contributed by atoms with Crippen molar-refractivity contribution in [3.8, 4) is 22.2 Å². The molecule has 1 unspecified atom stereocenters. The topological polar surface area (TPSA) is 169 Å². The average Bonchev–Trinajstić information content (AvgIpc) is 3.42. The Morgan fingerprint density at radius 2 is 1.96 bits per heavy atom. The van der Waals surface area contributed by atoms with Crippen molar-refractivity contribution in [1.82, 2.24) is 30.2 Å². The van der Waals surface area contributed by atoms with E-state index in [1.165, 1.54) is 30.3 Å². The highest BCUT2D eigenvalue weighted by Gasteiger charge is 2.61. The molecule has 6 rings (SSSR count). The van der Waals surface area contributed by atoms with Gasteiger partial charge in [0.1, 0.15) is 44.9 Å². The van der Waals surface area contributed by atoms with Gasteiger partial charge in [-0.1, -0.05) is 50.9 Å². The minimum absolute atomic E-state index is 0.0760. The van der Waals surface area contributed by atoms with Gasteiger partial charge >= 0.3 is 6.03 Å². The van der Waals surface area contributed by atoms with E-state index in [1.54, 1.807) is 25.1 Å². The minimum Gasteiger partial charge on any atom is -0.495 e. The highest BCUT2D eigenvalue weighted by Crippen LogP contribution is 2.46. The van der Waals surface area contributed by atoms with Crippen molar-refractivity contribution in [2.45, 2.75) is 101 Å². The number of methoxy groups -OCH3 is 1. The summed E-state index contributed by atoms with van der Waals surface area (Å²) >= 11 is 8.24. The number of carbonyl (C=O) groups is 3. The number of nitrogens with zero attached hydrogens (tertiary/aromatic N) is 3. The summed E-state index contributed by atoms with van der Waals surface area (Å²) in [7, 11) is -2.45. The first-order chi connectivity index (χ1) is 25.3. The molecule has 2 aliphatic heterocycles. The van der Waals surface area contributed by atoms with Crippen LogP contribution in [0.4, 0.5) is 4.79 Å². The van der Waals surface area contributed by atoms with Gasteiger partial charge in [0.15, 0.2) is 0 Å². The van der Waals surface area contributed by atoms with Gasteiger partial charge < -0.3 is 25.0 Å². The second kappa shape index (κ2) is 15.8. The molecule has 3 N–H and O–H groups in total. The number of urea groups is 1. The van der Waals surface area contributed by atoms with E-state index in [1.807, 2.05) is 17.5 Å². The Morgan fingerprint density at radius 1 is 1.17 bits per heavy atom. The fourth-order valence-electron chi connectivity index (χ4n) is 6.72. The van der Waals surface area contributed by atoms with Gasteiger partial charge in [-0.15, -0.1) is 11.3 Å². The standard InChI is InChI=1S/C37H47ClN6O7S2/c1-6-22(4)53(48,49)43-35(46)37-18-23(37)12-10-8-7-9-11-15-39-36(47)44-19-24(16-28(44)33(45)42-37)51-30-17-26(34-41-27(20-52-34)21(2)3)40-32-25(30)13-14-29(50-5)31(32)38/h10,12-14,17,20-24,28H,6-9,11,15-16,18-19H2,1-5H3,(H,39,47)(H,42,45)(H,43,46)/b12-10-/t22?,23-,24-,28+,37-/m1/s1. The maximum absolute atomic E-state index is 14.2. The Hall–Kier alpha value is -3.95. The van der Waals surface area contributed by atoms with Crippen LogP contribution < -0.4 is 24.8 Å². The van der Waals surface area contributed by atoms with E-state index < -0.39 is 56.7 Å². The maximum atomic E-state index is 14.2. The first-order valence-corrected chi connectivity index (χ1v) is 21.0. The average molecular weight is 787 g/mol. The van der Waals surface area contributed by atoms with Gasteiger partial charge in [-0.05, 0) is 57.1 Å². The number of hydrogen-bond acceptors (Lipinski definition) is 10. The van der Waals surface area contributed by atoms with Crippen LogP contribution in [0, 0.1) is 5.92 Å². The number of hydrogen-bond donors (Lipinski definition) is 3. The molecule has 3 aromatic rings. The van der Waals surface area contributed by atoms with E-state index >= 15 is 0 Å². The molecule has 4 amide bonds. The molecule has 1 aliphatic carbocycles. The fourth-order valence-corrected chi connectivity index (χ4v) is 9.03. The van der Waals surface area contributed by atoms with Crippen molar-refractivity contribution in [3.63, 3.8) is 0 Å². The lowest BCUT2D eigenvalue weighted by atomic mass is 10.1. The summed E-state index contributed by atoms with van der Waals surface area (Å²) in [5.41, 5.74) is 0.470. The van der Waals surface area contributed by atoms with E-state index in [-0.39, 0.29) is 25.3 Å². The molecule has 0 radical (unpaired) electrons. The molecule has 286 valence electrons. The third-order valence-electron chi connectivity index (χ3n) is 10.3. The zero-order valence-corrected chi connectivity index (χ0v) is 33.0. The quantitative estimate of drug-likeness (QED) is 0.223. The number of fused-ring (bicyclic) bond motifs is 3. The van der Waals surface area contributed by atoms with Gasteiger partial charge in [-0.25, -0.2) is 23.2 Å². The van der Waals surface area contributed by atoms with E-state index in [9.17, 15) is 22.8 Å². The van der Waals surface area contributed by atoms with Crippen LogP contribution in [0.15, 0.2) is 35.7 Å². The SMILES string of the molecule is CCC(C)S(=O)(=O)NC(=O)[C@@]12C[C@H]1/C=C\CCCCCNC(=O)N1C[C@H](Oc3cc(-c4nc(C(C)C)cs4)nc4c(Cl)c(OC)ccc34)C[C@H]1C(=O)N2. The zero-order chi connectivity index (χ0) is 38.1. The summed E-state index contributed by atoms with van der Waals surface area (Å²) in [6.07, 6.45) is 7.17. The molecular formula is C37H47ClN6O7S2.